The Hall–Kier alpha value is -2.78. The Balaban J connectivity index is 1.63. The third-order valence-corrected chi connectivity index (χ3v) is 5.48. The average Bonchev–Trinajstić information content (AvgIpc) is 3.01. The van der Waals surface area contributed by atoms with Crippen molar-refractivity contribution >= 4 is 27.6 Å². The van der Waals surface area contributed by atoms with E-state index in [1.807, 2.05) is 0 Å². The van der Waals surface area contributed by atoms with Crippen LogP contribution in [0.25, 0.3) is 0 Å². The summed E-state index contributed by atoms with van der Waals surface area (Å²) in [7, 11) is -3.89. The molecule has 3 rings (SSSR count). The van der Waals surface area contributed by atoms with Crippen LogP contribution in [0.3, 0.4) is 0 Å². The van der Waals surface area contributed by atoms with Gasteiger partial charge >= 0.3 is 5.97 Å². The summed E-state index contributed by atoms with van der Waals surface area (Å²) in [5.74, 6) is -1.50. The molecule has 0 bridgehead atoms. The lowest BCUT2D eigenvalue weighted by Crippen LogP contribution is -2.37. The van der Waals surface area contributed by atoms with E-state index in [4.69, 9.17) is 4.74 Å². The molecule has 1 saturated heterocycles. The van der Waals surface area contributed by atoms with Crippen molar-refractivity contribution in [1.29, 1.82) is 0 Å². The van der Waals surface area contributed by atoms with Gasteiger partial charge in [0.15, 0.2) is 0 Å². The SMILES string of the molecule is O=C(Cc1ccccc1F)Nc1ccc(S(=O)(=O)NC2CCOC2=O)cc1. The van der Waals surface area contributed by atoms with Crippen LogP contribution in [0.4, 0.5) is 10.1 Å². The first-order valence-corrected chi connectivity index (χ1v) is 9.66. The van der Waals surface area contributed by atoms with Crippen LogP contribution in [0.2, 0.25) is 0 Å². The van der Waals surface area contributed by atoms with Gasteiger partial charge in [-0.15, -0.1) is 0 Å². The average molecular weight is 392 g/mol. The fourth-order valence-electron chi connectivity index (χ4n) is 2.60. The number of hydrogen-bond acceptors (Lipinski definition) is 5. The molecule has 1 unspecified atom stereocenters. The summed E-state index contributed by atoms with van der Waals surface area (Å²) in [6.07, 6.45) is 0.139. The molecule has 27 heavy (non-hydrogen) atoms. The molecule has 2 aromatic carbocycles. The maximum atomic E-state index is 13.6. The molecule has 1 aliphatic heterocycles. The van der Waals surface area contributed by atoms with Crippen LogP contribution < -0.4 is 10.0 Å². The number of cyclic esters (lactones) is 1. The molecule has 142 valence electrons. The topological polar surface area (TPSA) is 102 Å². The molecule has 0 aromatic heterocycles. The molecule has 1 aliphatic rings. The normalized spacial score (nSPS) is 16.8. The van der Waals surface area contributed by atoms with E-state index in [2.05, 4.69) is 10.0 Å². The number of nitrogens with one attached hydrogen (secondary N) is 2. The summed E-state index contributed by atoms with van der Waals surface area (Å²) in [5, 5.41) is 2.58. The molecule has 2 aromatic rings. The lowest BCUT2D eigenvalue weighted by Gasteiger charge is -2.11. The van der Waals surface area contributed by atoms with Crippen molar-refractivity contribution in [3.05, 3.63) is 59.9 Å². The predicted octanol–water partition coefficient (Wildman–Crippen LogP) is 1.60. The zero-order valence-electron chi connectivity index (χ0n) is 14.1. The molecule has 1 heterocycles. The molecule has 1 atom stereocenters. The van der Waals surface area contributed by atoms with Gasteiger partial charge in [0, 0.05) is 12.1 Å². The number of rotatable bonds is 6. The molecule has 7 nitrogen and oxygen atoms in total. The molecule has 1 fully saturated rings. The maximum Gasteiger partial charge on any atom is 0.324 e. The van der Waals surface area contributed by atoms with Crippen LogP contribution in [-0.4, -0.2) is 32.9 Å². The van der Waals surface area contributed by atoms with E-state index in [0.29, 0.717) is 5.69 Å². The van der Waals surface area contributed by atoms with Crippen LogP contribution in [-0.2, 0) is 30.8 Å². The Bertz CT molecular complexity index is 960. The first kappa shape index (κ1) is 19.0. The number of anilines is 1. The van der Waals surface area contributed by atoms with Gasteiger partial charge in [0.2, 0.25) is 15.9 Å². The Kier molecular flexibility index (Phi) is 5.52. The van der Waals surface area contributed by atoms with Crippen molar-refractivity contribution in [2.45, 2.75) is 23.8 Å². The molecule has 0 aliphatic carbocycles. The highest BCUT2D eigenvalue weighted by Gasteiger charge is 2.31. The molecular formula is C18H17FN2O5S. The summed E-state index contributed by atoms with van der Waals surface area (Å²) in [4.78, 5) is 23.4. The largest absolute Gasteiger partial charge is 0.464 e. The highest BCUT2D eigenvalue weighted by Crippen LogP contribution is 2.17. The summed E-state index contributed by atoms with van der Waals surface area (Å²) in [6.45, 7) is 0.180. The Morgan fingerprint density at radius 3 is 2.48 bits per heavy atom. The Morgan fingerprint density at radius 2 is 1.85 bits per heavy atom. The van der Waals surface area contributed by atoms with Gasteiger partial charge in [-0.05, 0) is 35.9 Å². The molecular weight excluding hydrogens is 375 g/mol. The highest BCUT2D eigenvalue weighted by atomic mass is 32.2. The van der Waals surface area contributed by atoms with Crippen molar-refractivity contribution in [2.75, 3.05) is 11.9 Å². The minimum atomic E-state index is -3.89. The van der Waals surface area contributed by atoms with Gasteiger partial charge in [0.05, 0.1) is 17.9 Å². The van der Waals surface area contributed by atoms with Crippen LogP contribution in [0.15, 0.2) is 53.4 Å². The smallest absolute Gasteiger partial charge is 0.324 e. The number of benzene rings is 2. The molecule has 0 spiro atoms. The first-order valence-electron chi connectivity index (χ1n) is 8.17. The zero-order chi connectivity index (χ0) is 19.4. The zero-order valence-corrected chi connectivity index (χ0v) is 15.0. The van der Waals surface area contributed by atoms with Gasteiger partial charge in [-0.2, -0.15) is 4.72 Å². The highest BCUT2D eigenvalue weighted by molar-refractivity contribution is 7.89. The molecule has 0 saturated carbocycles. The quantitative estimate of drug-likeness (QED) is 0.727. The first-order chi connectivity index (χ1) is 12.8. The van der Waals surface area contributed by atoms with Crippen LogP contribution >= 0.6 is 0 Å². The van der Waals surface area contributed by atoms with E-state index in [9.17, 15) is 22.4 Å². The monoisotopic (exact) mass is 392 g/mol. The fourth-order valence-corrected chi connectivity index (χ4v) is 3.81. The Labute approximate surface area is 155 Å². The summed E-state index contributed by atoms with van der Waals surface area (Å²) >= 11 is 0. The predicted molar refractivity (Wildman–Crippen MR) is 94.9 cm³/mol. The van der Waals surface area contributed by atoms with Gasteiger partial charge in [-0.1, -0.05) is 18.2 Å². The number of ether oxygens (including phenoxy) is 1. The lowest BCUT2D eigenvalue weighted by atomic mass is 10.1. The minimum Gasteiger partial charge on any atom is -0.464 e. The number of hydrogen-bond donors (Lipinski definition) is 2. The second kappa shape index (κ2) is 7.85. The van der Waals surface area contributed by atoms with Gasteiger partial charge in [0.1, 0.15) is 11.9 Å². The molecule has 1 amide bonds. The van der Waals surface area contributed by atoms with Crippen LogP contribution in [0.5, 0.6) is 0 Å². The number of carbonyl (C=O) groups is 2. The van der Waals surface area contributed by atoms with E-state index in [1.54, 1.807) is 6.07 Å². The van der Waals surface area contributed by atoms with Crippen LogP contribution in [0.1, 0.15) is 12.0 Å². The minimum absolute atomic E-state index is 0.0469. The second-order valence-corrected chi connectivity index (χ2v) is 7.68. The fraction of sp³-hybridized carbons (Fsp3) is 0.222. The van der Waals surface area contributed by atoms with Gasteiger partial charge < -0.3 is 10.1 Å². The molecule has 0 radical (unpaired) electrons. The van der Waals surface area contributed by atoms with E-state index < -0.39 is 33.8 Å². The van der Waals surface area contributed by atoms with Crippen LogP contribution in [0, 0.1) is 5.82 Å². The van der Waals surface area contributed by atoms with E-state index in [1.165, 1.54) is 42.5 Å². The summed E-state index contributed by atoms with van der Waals surface area (Å²) in [6, 6.07) is 10.5. The maximum absolute atomic E-state index is 13.6. The summed E-state index contributed by atoms with van der Waals surface area (Å²) < 4.78 is 45.2. The van der Waals surface area contributed by atoms with E-state index in [0.717, 1.165) is 0 Å². The third-order valence-electron chi connectivity index (χ3n) is 3.99. The number of sulfonamides is 1. The van der Waals surface area contributed by atoms with Crippen molar-refractivity contribution in [2.24, 2.45) is 0 Å². The van der Waals surface area contributed by atoms with Crippen molar-refractivity contribution < 1.29 is 27.1 Å². The number of amides is 1. The lowest BCUT2D eigenvalue weighted by molar-refractivity contribution is -0.139. The van der Waals surface area contributed by atoms with Crippen molar-refractivity contribution in [3.63, 3.8) is 0 Å². The van der Waals surface area contributed by atoms with Gasteiger partial charge in [-0.3, -0.25) is 9.59 Å². The van der Waals surface area contributed by atoms with E-state index in [-0.39, 0.29) is 29.9 Å². The summed E-state index contributed by atoms with van der Waals surface area (Å²) in [5.41, 5.74) is 0.636. The number of halogens is 1. The van der Waals surface area contributed by atoms with Crippen molar-refractivity contribution in [3.8, 4) is 0 Å². The molecule has 9 heteroatoms. The van der Waals surface area contributed by atoms with Crippen molar-refractivity contribution in [1.82, 2.24) is 4.72 Å². The van der Waals surface area contributed by atoms with E-state index >= 15 is 0 Å². The number of carbonyl (C=O) groups excluding carboxylic acids is 2. The molecule has 2 N–H and O–H groups in total. The number of esters is 1. The third kappa shape index (κ3) is 4.69. The standard InChI is InChI=1S/C18H17FN2O5S/c19-15-4-2-1-3-12(15)11-17(22)20-13-5-7-14(8-6-13)27(24,25)21-16-9-10-26-18(16)23/h1-8,16,21H,9-11H2,(H,20,22). The second-order valence-electron chi connectivity index (χ2n) is 5.97. The Morgan fingerprint density at radius 1 is 1.15 bits per heavy atom. The van der Waals surface area contributed by atoms with Gasteiger partial charge in [-0.25, -0.2) is 12.8 Å². The van der Waals surface area contributed by atoms with Gasteiger partial charge in [0.25, 0.3) is 0 Å².